The first-order valence-corrected chi connectivity index (χ1v) is 7.20. The number of para-hydroxylation sites is 1. The number of fused-ring (bicyclic) bond motifs is 1. The number of carbonyl (C=O) groups excluding carboxylic acids is 1. The molecule has 106 valence electrons. The molecule has 0 bridgehead atoms. The van der Waals surface area contributed by atoms with Gasteiger partial charge in [-0.25, -0.2) is 0 Å². The van der Waals surface area contributed by atoms with Gasteiger partial charge in [-0.05, 0) is 52.3 Å². The van der Waals surface area contributed by atoms with Crippen LogP contribution in [0.25, 0.3) is 10.9 Å². The topological polar surface area (TPSA) is 56.3 Å². The smallest absolute Gasteiger partial charge is 0.261 e. The average Bonchev–Trinajstić information content (AvgIpc) is 2.96. The van der Waals surface area contributed by atoms with Gasteiger partial charge in [0.1, 0.15) is 5.75 Å². The van der Waals surface area contributed by atoms with Gasteiger partial charge in [0.15, 0.2) is 0 Å². The Morgan fingerprint density at radius 2 is 2.05 bits per heavy atom. The van der Waals surface area contributed by atoms with Crippen LogP contribution in [0.15, 0.2) is 53.1 Å². The van der Waals surface area contributed by atoms with Crippen LogP contribution in [0, 0.1) is 0 Å². The number of phenols is 1. The molecule has 0 spiro atoms. The number of aromatic nitrogens is 1. The number of hydrogen-bond donors (Lipinski definition) is 2. The lowest BCUT2D eigenvalue weighted by atomic mass is 10.1. The van der Waals surface area contributed by atoms with Crippen LogP contribution >= 0.6 is 15.9 Å². The molecule has 1 aromatic heterocycles. The largest absolute Gasteiger partial charge is 0.506 e. The fraction of sp³-hybridized carbons (Fsp3) is 0.0625. The van der Waals surface area contributed by atoms with Crippen molar-refractivity contribution in [1.82, 2.24) is 4.98 Å². The first-order valence-electron chi connectivity index (χ1n) is 6.40. The molecule has 21 heavy (non-hydrogen) atoms. The zero-order valence-electron chi connectivity index (χ0n) is 11.3. The number of H-pyrrole nitrogens is 1. The van der Waals surface area contributed by atoms with Crippen molar-refractivity contribution in [2.45, 2.75) is 0 Å². The summed E-state index contributed by atoms with van der Waals surface area (Å²) in [5.74, 6) is -0.305. The summed E-state index contributed by atoms with van der Waals surface area (Å²) in [6.07, 6.45) is 1.86. The first kappa shape index (κ1) is 13.7. The second-order valence-electron chi connectivity index (χ2n) is 4.75. The van der Waals surface area contributed by atoms with Gasteiger partial charge in [-0.3, -0.25) is 4.79 Å². The normalized spacial score (nSPS) is 10.8. The minimum Gasteiger partial charge on any atom is -0.506 e. The first-order chi connectivity index (χ1) is 10.1. The molecule has 0 saturated heterocycles. The van der Waals surface area contributed by atoms with Gasteiger partial charge in [-0.15, -0.1) is 0 Å². The van der Waals surface area contributed by atoms with Crippen LogP contribution in [0.2, 0.25) is 0 Å². The van der Waals surface area contributed by atoms with E-state index in [-0.39, 0.29) is 17.2 Å². The molecule has 3 aromatic rings. The minimum atomic E-state index is -0.260. The highest BCUT2D eigenvalue weighted by atomic mass is 79.9. The predicted molar refractivity (Wildman–Crippen MR) is 86.8 cm³/mol. The number of aromatic hydroxyl groups is 1. The molecule has 1 heterocycles. The number of phenolic OH excluding ortho intramolecular Hbond substituents is 1. The third-order valence-corrected chi connectivity index (χ3v) is 4.09. The molecule has 2 N–H and O–H groups in total. The number of nitrogens with zero attached hydrogens (tertiary/aromatic N) is 1. The summed E-state index contributed by atoms with van der Waals surface area (Å²) < 4.78 is 0.503. The van der Waals surface area contributed by atoms with E-state index in [0.717, 1.165) is 16.6 Å². The Kier molecular flexibility index (Phi) is 3.43. The van der Waals surface area contributed by atoms with Crippen LogP contribution in [0.1, 0.15) is 10.4 Å². The highest BCUT2D eigenvalue weighted by Gasteiger charge is 2.18. The number of amides is 1. The van der Waals surface area contributed by atoms with E-state index in [4.69, 9.17) is 0 Å². The maximum Gasteiger partial charge on any atom is 0.261 e. The SMILES string of the molecule is CN(C(=O)c1cccc(Br)c1O)c1ccc2[nH]ccc2c1. The third-order valence-electron chi connectivity index (χ3n) is 3.45. The molecule has 0 atom stereocenters. The number of hydrogen-bond acceptors (Lipinski definition) is 2. The summed E-state index contributed by atoms with van der Waals surface area (Å²) in [6, 6.07) is 12.7. The lowest BCUT2D eigenvalue weighted by Crippen LogP contribution is -2.26. The zero-order valence-corrected chi connectivity index (χ0v) is 12.9. The van der Waals surface area contributed by atoms with Crippen molar-refractivity contribution in [3.8, 4) is 5.75 Å². The van der Waals surface area contributed by atoms with E-state index in [1.807, 2.05) is 30.5 Å². The van der Waals surface area contributed by atoms with Gasteiger partial charge >= 0.3 is 0 Å². The van der Waals surface area contributed by atoms with Crippen molar-refractivity contribution < 1.29 is 9.90 Å². The zero-order chi connectivity index (χ0) is 15.0. The molecule has 0 unspecified atom stereocenters. The molecular formula is C16H13BrN2O2. The Labute approximate surface area is 130 Å². The van der Waals surface area contributed by atoms with E-state index in [0.29, 0.717) is 4.47 Å². The molecule has 1 amide bonds. The highest BCUT2D eigenvalue weighted by Crippen LogP contribution is 2.29. The van der Waals surface area contributed by atoms with E-state index in [1.54, 1.807) is 25.2 Å². The van der Waals surface area contributed by atoms with Gasteiger partial charge in [0.2, 0.25) is 0 Å². The maximum atomic E-state index is 12.5. The molecule has 0 radical (unpaired) electrons. The van der Waals surface area contributed by atoms with Gasteiger partial charge in [0.05, 0.1) is 10.0 Å². The van der Waals surface area contributed by atoms with E-state index in [1.165, 1.54) is 4.90 Å². The van der Waals surface area contributed by atoms with Gasteiger partial charge in [0.25, 0.3) is 5.91 Å². The van der Waals surface area contributed by atoms with Gasteiger partial charge < -0.3 is 15.0 Å². The molecule has 4 nitrogen and oxygen atoms in total. The Bertz CT molecular complexity index is 826. The standard InChI is InChI=1S/C16H13BrN2O2/c1-19(11-5-6-14-10(9-11)7-8-18-14)16(21)12-3-2-4-13(17)15(12)20/h2-9,18,20H,1H3. The lowest BCUT2D eigenvalue weighted by molar-refractivity contribution is 0.0990. The number of rotatable bonds is 2. The van der Waals surface area contributed by atoms with Crippen LogP contribution in [0.4, 0.5) is 5.69 Å². The Morgan fingerprint density at radius 1 is 1.24 bits per heavy atom. The quantitative estimate of drug-likeness (QED) is 0.740. The monoisotopic (exact) mass is 344 g/mol. The van der Waals surface area contributed by atoms with Crippen LogP contribution < -0.4 is 4.90 Å². The Morgan fingerprint density at radius 3 is 2.86 bits per heavy atom. The van der Waals surface area contributed by atoms with Gasteiger partial charge in [-0.1, -0.05) is 6.07 Å². The molecule has 0 aliphatic rings. The second kappa shape index (κ2) is 5.26. The van der Waals surface area contributed by atoms with E-state index < -0.39 is 0 Å². The second-order valence-corrected chi connectivity index (χ2v) is 5.60. The molecule has 2 aromatic carbocycles. The summed E-state index contributed by atoms with van der Waals surface area (Å²) in [7, 11) is 1.69. The fourth-order valence-corrected chi connectivity index (χ4v) is 2.60. The number of halogens is 1. The summed E-state index contributed by atoms with van der Waals surface area (Å²) in [5, 5.41) is 11.0. The maximum absolute atomic E-state index is 12.5. The van der Waals surface area contributed by atoms with E-state index >= 15 is 0 Å². The van der Waals surface area contributed by atoms with Crippen LogP contribution in [-0.4, -0.2) is 23.0 Å². The third kappa shape index (κ3) is 2.40. The number of aromatic amines is 1. The van der Waals surface area contributed by atoms with Gasteiger partial charge in [-0.2, -0.15) is 0 Å². The van der Waals surface area contributed by atoms with Crippen LogP contribution in [0.3, 0.4) is 0 Å². The molecule has 0 saturated carbocycles. The average molecular weight is 345 g/mol. The fourth-order valence-electron chi connectivity index (χ4n) is 2.24. The van der Waals surface area contributed by atoms with Crippen LogP contribution in [-0.2, 0) is 0 Å². The van der Waals surface area contributed by atoms with Crippen molar-refractivity contribution in [2.24, 2.45) is 0 Å². The lowest BCUT2D eigenvalue weighted by Gasteiger charge is -2.18. The molecule has 0 fully saturated rings. The molecule has 3 rings (SSSR count). The highest BCUT2D eigenvalue weighted by molar-refractivity contribution is 9.10. The number of nitrogens with one attached hydrogen (secondary N) is 1. The molecule has 5 heteroatoms. The number of carbonyl (C=O) groups is 1. The summed E-state index contributed by atoms with van der Waals surface area (Å²) >= 11 is 3.22. The van der Waals surface area contributed by atoms with Crippen molar-refractivity contribution >= 4 is 38.4 Å². The van der Waals surface area contributed by atoms with E-state index in [2.05, 4.69) is 20.9 Å². The molecule has 0 aliphatic carbocycles. The van der Waals surface area contributed by atoms with E-state index in [9.17, 15) is 9.90 Å². The van der Waals surface area contributed by atoms with Crippen molar-refractivity contribution in [3.05, 3.63) is 58.7 Å². The summed E-state index contributed by atoms with van der Waals surface area (Å²) in [6.45, 7) is 0. The number of anilines is 1. The predicted octanol–water partition coefficient (Wildman–Crippen LogP) is 3.91. The number of benzene rings is 2. The Balaban J connectivity index is 1.98. The van der Waals surface area contributed by atoms with Gasteiger partial charge in [0, 0.05) is 29.8 Å². The van der Waals surface area contributed by atoms with Crippen LogP contribution in [0.5, 0.6) is 5.75 Å². The molecular weight excluding hydrogens is 332 g/mol. The minimum absolute atomic E-state index is 0.0444. The van der Waals surface area contributed by atoms with Crippen molar-refractivity contribution in [1.29, 1.82) is 0 Å². The van der Waals surface area contributed by atoms with Crippen molar-refractivity contribution in [3.63, 3.8) is 0 Å². The Hall–Kier alpha value is -2.27. The van der Waals surface area contributed by atoms with Crippen molar-refractivity contribution in [2.75, 3.05) is 11.9 Å². The summed E-state index contributed by atoms with van der Waals surface area (Å²) in [4.78, 5) is 17.2. The summed E-state index contributed by atoms with van der Waals surface area (Å²) in [5.41, 5.74) is 2.05. The molecule has 0 aliphatic heterocycles.